The van der Waals surface area contributed by atoms with Gasteiger partial charge in [-0.3, -0.25) is 9.11 Å². The molecule has 2 aromatic heterocycles. The third-order valence-corrected chi connectivity index (χ3v) is 11.4. The molecule has 0 saturated carbocycles. The van der Waals surface area contributed by atoms with E-state index >= 15 is 0 Å². The molecule has 0 spiro atoms. The lowest BCUT2D eigenvalue weighted by Gasteiger charge is -2.14. The highest BCUT2D eigenvalue weighted by molar-refractivity contribution is 7.86. The predicted octanol–water partition coefficient (Wildman–Crippen LogP) is 5.93. The van der Waals surface area contributed by atoms with Gasteiger partial charge in [-0.2, -0.15) is 46.7 Å². The summed E-state index contributed by atoms with van der Waals surface area (Å²) >= 11 is 0. The fraction of sp³-hybridized carbons (Fsp3) is 0.261. The van der Waals surface area contributed by atoms with Crippen molar-refractivity contribution in [1.82, 2.24) is 39.7 Å². The van der Waals surface area contributed by atoms with Gasteiger partial charge >= 0.3 is 24.0 Å². The SMILES string of the molecule is CCOC(=O)c1ccc(Nc2nc(Nc3ccc(C=Cc4ccc(Nc5nc(Nc6ccc(C(=O)OCC)cc6)nc(OCCN(C)C)n5)cc4S(=O)(=O)O)c(S(=O)(=O)O)c3)nc(OCCN(C)C)n2)cc1. The van der Waals surface area contributed by atoms with Crippen LogP contribution in [0.5, 0.6) is 12.0 Å². The molecule has 0 aliphatic rings. The molecule has 72 heavy (non-hydrogen) atoms. The van der Waals surface area contributed by atoms with Crippen LogP contribution in [-0.4, -0.2) is 145 Å². The van der Waals surface area contributed by atoms with Gasteiger partial charge in [-0.1, -0.05) is 24.3 Å². The number of benzene rings is 4. The van der Waals surface area contributed by atoms with E-state index in [9.17, 15) is 35.5 Å². The van der Waals surface area contributed by atoms with Crippen molar-refractivity contribution in [3.8, 4) is 12.0 Å². The summed E-state index contributed by atoms with van der Waals surface area (Å²) in [6.07, 6.45) is 2.47. The van der Waals surface area contributed by atoms with Crippen LogP contribution in [0.4, 0.5) is 46.5 Å². The summed E-state index contributed by atoms with van der Waals surface area (Å²) in [7, 11) is -2.40. The highest BCUT2D eigenvalue weighted by Crippen LogP contribution is 2.29. The molecule has 0 unspecified atom stereocenters. The monoisotopic (exact) mass is 1030 g/mol. The molecule has 0 amide bonds. The summed E-state index contributed by atoms with van der Waals surface area (Å²) in [5.74, 6) is -1.06. The van der Waals surface area contributed by atoms with Gasteiger partial charge in [0.1, 0.15) is 23.0 Å². The number of nitrogens with one attached hydrogen (secondary N) is 4. The van der Waals surface area contributed by atoms with Crippen LogP contribution in [0, 0.1) is 0 Å². The second kappa shape index (κ2) is 24.3. The number of carbonyl (C=O) groups excluding carboxylic acids is 2. The van der Waals surface area contributed by atoms with Crippen molar-refractivity contribution >= 4 is 90.9 Å². The van der Waals surface area contributed by atoms with E-state index in [4.69, 9.17) is 18.9 Å². The van der Waals surface area contributed by atoms with Crippen LogP contribution in [0.15, 0.2) is 94.7 Å². The third kappa shape index (κ3) is 15.8. The predicted molar refractivity (Wildman–Crippen MR) is 267 cm³/mol. The minimum absolute atomic E-state index is 0.0298. The zero-order chi connectivity index (χ0) is 52.0. The van der Waals surface area contributed by atoms with Crippen molar-refractivity contribution < 1.29 is 54.5 Å². The smallest absolute Gasteiger partial charge is 0.338 e. The van der Waals surface area contributed by atoms with Gasteiger partial charge in [0.15, 0.2) is 0 Å². The summed E-state index contributed by atoms with van der Waals surface area (Å²) in [5, 5.41) is 11.8. The molecule has 26 heteroatoms. The first-order valence-electron chi connectivity index (χ1n) is 21.9. The van der Waals surface area contributed by atoms with Crippen molar-refractivity contribution in [2.24, 2.45) is 0 Å². The lowest BCUT2D eigenvalue weighted by atomic mass is 10.1. The Balaban J connectivity index is 1.25. The van der Waals surface area contributed by atoms with E-state index in [0.29, 0.717) is 35.6 Å². The standard InChI is InChI=1S/C46H52N12O12S2/c1-7-67-39(59)31-13-17-33(18-14-31)47-41-51-43(55-45(53-41)69-25-23-57(3)4)49-35-21-11-29(37(27-35)71(61,62)63)9-10-30-12-22-36(28-38(30)72(64,65)66)50-44-52-42(54-46(56-44)70-26-24-58(5)6)48-34-19-15-32(16-20-34)40(60)68-8-2/h9-22,27-28H,7-8,23-26H2,1-6H3,(H,61,62,63)(H,64,65,66)(H2,47,49,51,53,55)(H2,48,50,52,54,56). The Morgan fingerprint density at radius 1 is 0.514 bits per heavy atom. The van der Waals surface area contributed by atoms with Crippen LogP contribution < -0.4 is 30.7 Å². The van der Waals surface area contributed by atoms with E-state index < -0.39 is 42.0 Å². The average Bonchev–Trinajstić information content (AvgIpc) is 3.31. The highest BCUT2D eigenvalue weighted by atomic mass is 32.2. The first-order chi connectivity index (χ1) is 34.3. The fourth-order valence-electron chi connectivity index (χ4n) is 6.16. The molecule has 4 aromatic carbocycles. The quantitative estimate of drug-likeness (QED) is 0.0232. The van der Waals surface area contributed by atoms with Crippen molar-refractivity contribution in [2.45, 2.75) is 23.6 Å². The van der Waals surface area contributed by atoms with E-state index in [1.165, 1.54) is 36.4 Å². The summed E-state index contributed by atoms with van der Waals surface area (Å²) in [5.41, 5.74) is 1.77. The maximum atomic E-state index is 12.8. The zero-order valence-electron chi connectivity index (χ0n) is 39.9. The Hall–Kier alpha value is -7.88. The third-order valence-electron chi connectivity index (χ3n) is 9.61. The highest BCUT2D eigenvalue weighted by Gasteiger charge is 2.20. The maximum absolute atomic E-state index is 12.8. The van der Waals surface area contributed by atoms with Crippen LogP contribution in [0.25, 0.3) is 12.2 Å². The molecule has 6 rings (SSSR count). The number of likely N-dealkylation sites (N-methyl/N-ethyl adjacent to an activating group) is 2. The Labute approximate surface area is 415 Å². The molecule has 0 atom stereocenters. The molecule has 380 valence electrons. The van der Waals surface area contributed by atoms with Crippen molar-refractivity contribution in [3.63, 3.8) is 0 Å². The van der Waals surface area contributed by atoms with E-state index in [1.807, 2.05) is 38.0 Å². The minimum Gasteiger partial charge on any atom is -0.462 e. The van der Waals surface area contributed by atoms with Gasteiger partial charge in [-0.15, -0.1) is 0 Å². The Morgan fingerprint density at radius 3 is 1.14 bits per heavy atom. The molecule has 2 heterocycles. The Bertz CT molecular complexity index is 2920. The van der Waals surface area contributed by atoms with Gasteiger partial charge in [0.25, 0.3) is 20.2 Å². The molecule has 0 aliphatic heterocycles. The van der Waals surface area contributed by atoms with Gasteiger partial charge in [-0.25, -0.2) is 9.59 Å². The maximum Gasteiger partial charge on any atom is 0.338 e. The fourth-order valence-corrected chi connectivity index (χ4v) is 7.57. The molecular weight excluding hydrogens is 977 g/mol. The number of hydrogen-bond acceptors (Lipinski definition) is 22. The Morgan fingerprint density at radius 2 is 0.833 bits per heavy atom. The largest absolute Gasteiger partial charge is 0.462 e. The number of aromatic nitrogens is 6. The van der Waals surface area contributed by atoms with Gasteiger partial charge in [0.05, 0.1) is 24.3 Å². The molecule has 6 N–H and O–H groups in total. The molecule has 0 aliphatic carbocycles. The number of esters is 2. The zero-order valence-corrected chi connectivity index (χ0v) is 41.5. The number of anilines is 8. The van der Waals surface area contributed by atoms with E-state index in [-0.39, 0.29) is 84.7 Å². The summed E-state index contributed by atoms with van der Waals surface area (Å²) in [6, 6.07) is 20.4. The van der Waals surface area contributed by atoms with Crippen LogP contribution in [0.2, 0.25) is 0 Å². The average molecular weight is 1030 g/mol. The summed E-state index contributed by atoms with van der Waals surface area (Å²) in [6.45, 7) is 5.31. The summed E-state index contributed by atoms with van der Waals surface area (Å²) < 4.78 is 93.5. The molecule has 6 aromatic rings. The topological polar surface area (TPSA) is 312 Å². The van der Waals surface area contributed by atoms with Gasteiger partial charge < -0.3 is 50.0 Å². The van der Waals surface area contributed by atoms with Crippen LogP contribution in [0.1, 0.15) is 45.7 Å². The second-order valence-electron chi connectivity index (χ2n) is 15.7. The lowest BCUT2D eigenvalue weighted by molar-refractivity contribution is 0.0517. The van der Waals surface area contributed by atoms with Crippen molar-refractivity contribution in [1.29, 1.82) is 0 Å². The van der Waals surface area contributed by atoms with Crippen LogP contribution >= 0.6 is 0 Å². The molecule has 0 fully saturated rings. The van der Waals surface area contributed by atoms with E-state index in [2.05, 4.69) is 51.2 Å². The first kappa shape index (κ1) is 53.5. The Kier molecular flexibility index (Phi) is 18.0. The minimum atomic E-state index is -4.92. The first-order valence-corrected chi connectivity index (χ1v) is 24.7. The lowest BCUT2D eigenvalue weighted by Crippen LogP contribution is -2.20. The van der Waals surface area contributed by atoms with Crippen molar-refractivity contribution in [2.75, 3.05) is 89.0 Å². The van der Waals surface area contributed by atoms with E-state index in [0.717, 1.165) is 12.1 Å². The van der Waals surface area contributed by atoms with Gasteiger partial charge in [0, 0.05) is 35.8 Å². The number of hydrogen-bond donors (Lipinski definition) is 6. The molecule has 0 bridgehead atoms. The number of rotatable bonds is 24. The molecule has 24 nitrogen and oxygen atoms in total. The van der Waals surface area contributed by atoms with E-state index in [1.54, 1.807) is 62.4 Å². The molecule has 0 saturated heterocycles. The normalized spacial score (nSPS) is 11.6. The van der Waals surface area contributed by atoms with Gasteiger partial charge in [-0.05, 0) is 126 Å². The molecule has 0 radical (unpaired) electrons. The van der Waals surface area contributed by atoms with Gasteiger partial charge in [0.2, 0.25) is 23.8 Å². The molecular formula is C46H52N12O12S2. The second-order valence-corrected chi connectivity index (χ2v) is 18.5. The number of nitrogens with zero attached hydrogens (tertiary/aromatic N) is 8. The van der Waals surface area contributed by atoms with Crippen LogP contribution in [-0.2, 0) is 29.7 Å². The van der Waals surface area contributed by atoms with Crippen LogP contribution in [0.3, 0.4) is 0 Å². The summed E-state index contributed by atoms with van der Waals surface area (Å²) in [4.78, 5) is 53.0. The number of carbonyl (C=O) groups is 2. The van der Waals surface area contributed by atoms with Crippen molar-refractivity contribution in [3.05, 3.63) is 107 Å². The number of ether oxygens (including phenoxy) is 4.